The number of nitrogens with zero attached hydrogens (tertiary/aromatic N) is 2. The van der Waals surface area contributed by atoms with Crippen LogP contribution in [0.25, 0.3) is 0 Å². The molecule has 0 aromatic carbocycles. The molecule has 1 saturated heterocycles. The van der Waals surface area contributed by atoms with Gasteiger partial charge in [0, 0.05) is 0 Å². The van der Waals surface area contributed by atoms with E-state index in [0.29, 0.717) is 0 Å². The van der Waals surface area contributed by atoms with E-state index in [9.17, 15) is 0 Å². The number of hydrogen-bond acceptors (Lipinski definition) is 3. The molecule has 0 bridgehead atoms. The minimum atomic E-state index is 1.13. The molecule has 7 heavy (non-hydrogen) atoms. The molecule has 1 heterocycles. The molecule has 0 amide bonds. The Morgan fingerprint density at radius 3 is 2.14 bits per heavy atom. The van der Waals surface area contributed by atoms with E-state index in [1.54, 1.807) is 11.9 Å². The average molecular weight is 118 g/mol. The van der Waals surface area contributed by atoms with Gasteiger partial charge in [0.2, 0.25) is 0 Å². The Morgan fingerprint density at radius 2 is 2.00 bits per heavy atom. The van der Waals surface area contributed by atoms with Gasteiger partial charge in [-0.2, -0.15) is 0 Å². The van der Waals surface area contributed by atoms with Crippen LogP contribution < -0.4 is 0 Å². The summed E-state index contributed by atoms with van der Waals surface area (Å²) in [6, 6.07) is 0. The highest BCUT2D eigenvalue weighted by molar-refractivity contribution is 7.96. The molecule has 0 aliphatic carbocycles. The van der Waals surface area contributed by atoms with E-state index >= 15 is 0 Å². The lowest BCUT2D eigenvalue weighted by Crippen LogP contribution is -2.48. The molecular formula is C4H10N2S. The normalized spacial score (nSPS) is 24.9. The highest BCUT2D eigenvalue weighted by Gasteiger charge is 2.17. The quantitative estimate of drug-likeness (QED) is 0.461. The fraction of sp³-hybridized carbons (Fsp3) is 1.00. The van der Waals surface area contributed by atoms with Gasteiger partial charge in [-0.05, 0) is 13.3 Å². The highest BCUT2D eigenvalue weighted by atomic mass is 32.2. The lowest BCUT2D eigenvalue weighted by Gasteiger charge is -2.37. The maximum Gasteiger partial charge on any atom is 0.0628 e. The van der Waals surface area contributed by atoms with E-state index in [0.717, 1.165) is 13.3 Å². The van der Waals surface area contributed by atoms with Crippen molar-refractivity contribution in [3.05, 3.63) is 0 Å². The zero-order valence-electron chi connectivity index (χ0n) is 4.72. The maximum atomic E-state index is 2.29. The molecule has 0 unspecified atom stereocenters. The summed E-state index contributed by atoms with van der Waals surface area (Å²) in [6.07, 6.45) is 2.10. The van der Waals surface area contributed by atoms with Crippen molar-refractivity contribution in [1.29, 1.82) is 0 Å². The van der Waals surface area contributed by atoms with Crippen molar-refractivity contribution in [3.8, 4) is 0 Å². The summed E-state index contributed by atoms with van der Waals surface area (Å²) in [5, 5.41) is 0. The van der Waals surface area contributed by atoms with Gasteiger partial charge in [0.25, 0.3) is 0 Å². The molecular weight excluding hydrogens is 108 g/mol. The van der Waals surface area contributed by atoms with Crippen molar-refractivity contribution in [1.82, 2.24) is 9.21 Å². The zero-order valence-corrected chi connectivity index (χ0v) is 5.53. The van der Waals surface area contributed by atoms with Gasteiger partial charge in [0.15, 0.2) is 0 Å². The van der Waals surface area contributed by atoms with Crippen molar-refractivity contribution in [3.63, 3.8) is 0 Å². The van der Waals surface area contributed by atoms with Crippen LogP contribution in [0, 0.1) is 0 Å². The van der Waals surface area contributed by atoms with Crippen LogP contribution in [0.3, 0.4) is 0 Å². The largest absolute Gasteiger partial charge is 0.279 e. The first-order valence-electron chi connectivity index (χ1n) is 2.30. The second-order valence-corrected chi connectivity index (χ2v) is 2.68. The van der Waals surface area contributed by atoms with Gasteiger partial charge >= 0.3 is 0 Å². The van der Waals surface area contributed by atoms with Crippen molar-refractivity contribution in [2.45, 2.75) is 0 Å². The van der Waals surface area contributed by atoms with Gasteiger partial charge in [-0.25, -0.2) is 4.31 Å². The predicted molar refractivity (Wildman–Crippen MR) is 32.9 cm³/mol. The Labute approximate surface area is 48.6 Å². The molecule has 0 aromatic heterocycles. The molecule has 0 aromatic rings. The summed E-state index contributed by atoms with van der Waals surface area (Å²) in [7, 11) is 2.12. The third-order valence-electron chi connectivity index (χ3n) is 1.06. The lowest BCUT2D eigenvalue weighted by molar-refractivity contribution is 0.0789. The van der Waals surface area contributed by atoms with Gasteiger partial charge in [-0.3, -0.25) is 4.90 Å². The Bertz CT molecular complexity index is 60.7. The smallest absolute Gasteiger partial charge is 0.0628 e. The van der Waals surface area contributed by atoms with Crippen LogP contribution in [-0.2, 0) is 0 Å². The van der Waals surface area contributed by atoms with Crippen molar-refractivity contribution < 1.29 is 0 Å². The molecule has 1 aliphatic heterocycles. The molecule has 2 nitrogen and oxygen atoms in total. The topological polar surface area (TPSA) is 6.48 Å². The van der Waals surface area contributed by atoms with Gasteiger partial charge < -0.3 is 0 Å². The molecule has 0 radical (unpaired) electrons. The molecule has 0 atom stereocenters. The fourth-order valence-corrected chi connectivity index (χ4v) is 1.24. The number of rotatable bonds is 1. The molecule has 1 aliphatic rings. The first-order chi connectivity index (χ1) is 3.33. The number of hydrogen-bond donors (Lipinski definition) is 0. The highest BCUT2D eigenvalue weighted by Crippen LogP contribution is 2.13. The first-order valence-corrected chi connectivity index (χ1v) is 3.48. The van der Waals surface area contributed by atoms with Gasteiger partial charge in [0.1, 0.15) is 0 Å². The standard InChI is InChI=1S/C4H10N2S/c1-5-3-6(4-5)7-2/h3-4H2,1-2H3. The van der Waals surface area contributed by atoms with Crippen LogP contribution in [0.4, 0.5) is 0 Å². The van der Waals surface area contributed by atoms with E-state index in [-0.39, 0.29) is 0 Å². The van der Waals surface area contributed by atoms with E-state index in [1.807, 2.05) is 0 Å². The molecule has 1 fully saturated rings. The van der Waals surface area contributed by atoms with E-state index in [4.69, 9.17) is 0 Å². The van der Waals surface area contributed by atoms with Crippen LogP contribution in [0.2, 0.25) is 0 Å². The average Bonchev–Trinajstić information content (AvgIpc) is 1.58. The predicted octanol–water partition coefficient (Wildman–Crippen LogP) is 0.427. The van der Waals surface area contributed by atoms with Crippen molar-refractivity contribution in [2.75, 3.05) is 26.6 Å². The van der Waals surface area contributed by atoms with E-state index < -0.39 is 0 Å². The summed E-state index contributed by atoms with van der Waals surface area (Å²) in [4.78, 5) is 2.26. The van der Waals surface area contributed by atoms with Gasteiger partial charge in [-0.15, -0.1) is 0 Å². The lowest BCUT2D eigenvalue weighted by atomic mass is 10.6. The van der Waals surface area contributed by atoms with Gasteiger partial charge in [-0.1, -0.05) is 11.9 Å². The third kappa shape index (κ3) is 1.08. The second kappa shape index (κ2) is 2.03. The molecule has 42 valence electrons. The fourth-order valence-electron chi connectivity index (χ4n) is 0.613. The Kier molecular flexibility index (Phi) is 1.57. The summed E-state index contributed by atoms with van der Waals surface area (Å²) < 4.78 is 2.29. The zero-order chi connectivity index (χ0) is 5.28. The summed E-state index contributed by atoms with van der Waals surface area (Å²) in [5.74, 6) is 0. The first kappa shape index (κ1) is 5.41. The maximum absolute atomic E-state index is 2.29. The van der Waals surface area contributed by atoms with Crippen LogP contribution in [0.5, 0.6) is 0 Å². The Hall–Kier alpha value is 0.270. The SMILES string of the molecule is CSN1CN(C)C1. The summed E-state index contributed by atoms with van der Waals surface area (Å²) in [5.41, 5.74) is 0. The van der Waals surface area contributed by atoms with Crippen LogP contribution in [-0.4, -0.2) is 35.8 Å². The van der Waals surface area contributed by atoms with Crippen LogP contribution in [0.15, 0.2) is 0 Å². The Balaban J connectivity index is 2.06. The van der Waals surface area contributed by atoms with Crippen LogP contribution >= 0.6 is 11.9 Å². The minimum absolute atomic E-state index is 1.13. The molecule has 0 spiro atoms. The van der Waals surface area contributed by atoms with E-state index in [2.05, 4.69) is 22.5 Å². The minimum Gasteiger partial charge on any atom is -0.279 e. The van der Waals surface area contributed by atoms with Gasteiger partial charge in [0.05, 0.1) is 13.3 Å². The van der Waals surface area contributed by atoms with E-state index in [1.165, 1.54) is 0 Å². The molecule has 3 heteroatoms. The monoisotopic (exact) mass is 118 g/mol. The third-order valence-corrected chi connectivity index (χ3v) is 1.80. The summed E-state index contributed by atoms with van der Waals surface area (Å²) >= 11 is 1.81. The van der Waals surface area contributed by atoms with Crippen LogP contribution in [0.1, 0.15) is 0 Å². The molecule has 0 saturated carbocycles. The Morgan fingerprint density at radius 1 is 1.43 bits per heavy atom. The molecule has 0 N–H and O–H groups in total. The van der Waals surface area contributed by atoms with Crippen molar-refractivity contribution in [2.24, 2.45) is 0 Å². The molecule has 1 rings (SSSR count). The second-order valence-electron chi connectivity index (χ2n) is 1.80. The van der Waals surface area contributed by atoms with Crippen molar-refractivity contribution >= 4 is 11.9 Å². The summed E-state index contributed by atoms with van der Waals surface area (Å²) in [6.45, 7) is 2.25.